The molecule has 31 heavy (non-hydrogen) atoms. The van der Waals surface area contributed by atoms with Crippen molar-refractivity contribution < 1.29 is 4.79 Å². The van der Waals surface area contributed by atoms with Crippen LogP contribution in [0.4, 0.5) is 0 Å². The number of aromatic nitrogens is 2. The Bertz CT molecular complexity index is 903. The second-order valence-corrected chi connectivity index (χ2v) is 8.13. The predicted molar refractivity (Wildman–Crippen MR) is 125 cm³/mol. The molecule has 0 aliphatic carbocycles. The number of guanidine groups is 1. The SMILES string of the molecule is CCNC(=NCc1ccccc1-n1nc(C)cc1C)NCCC(CC)N1CCCC1=O. The number of amides is 1. The molecule has 2 heterocycles. The zero-order valence-corrected chi connectivity index (χ0v) is 19.3. The number of para-hydroxylation sites is 1. The van der Waals surface area contributed by atoms with Crippen LogP contribution in [0.25, 0.3) is 5.69 Å². The third-order valence-electron chi connectivity index (χ3n) is 5.77. The van der Waals surface area contributed by atoms with E-state index in [4.69, 9.17) is 4.99 Å². The molecule has 7 heteroatoms. The van der Waals surface area contributed by atoms with Crippen molar-refractivity contribution in [2.45, 2.75) is 66.0 Å². The van der Waals surface area contributed by atoms with Gasteiger partial charge in [-0.2, -0.15) is 5.10 Å². The summed E-state index contributed by atoms with van der Waals surface area (Å²) in [5.41, 5.74) is 4.31. The van der Waals surface area contributed by atoms with Crippen molar-refractivity contribution in [2.24, 2.45) is 4.99 Å². The molecule has 0 radical (unpaired) electrons. The molecule has 0 bridgehead atoms. The van der Waals surface area contributed by atoms with Gasteiger partial charge >= 0.3 is 0 Å². The summed E-state index contributed by atoms with van der Waals surface area (Å²) in [5.74, 6) is 1.10. The molecule has 1 unspecified atom stereocenters. The number of nitrogens with one attached hydrogen (secondary N) is 2. The third kappa shape index (κ3) is 5.87. The Morgan fingerprint density at radius 3 is 2.68 bits per heavy atom. The molecular formula is C24H36N6O. The number of likely N-dealkylation sites (tertiary alicyclic amines) is 1. The van der Waals surface area contributed by atoms with Gasteiger partial charge in [0.05, 0.1) is 17.9 Å². The van der Waals surface area contributed by atoms with Crippen molar-refractivity contribution in [3.63, 3.8) is 0 Å². The highest BCUT2D eigenvalue weighted by molar-refractivity contribution is 5.80. The lowest BCUT2D eigenvalue weighted by Gasteiger charge is -2.27. The van der Waals surface area contributed by atoms with Crippen LogP contribution in [0.1, 0.15) is 56.5 Å². The number of hydrogen-bond acceptors (Lipinski definition) is 3. The molecule has 3 rings (SSSR count). The molecule has 2 N–H and O–H groups in total. The molecule has 0 spiro atoms. The first kappa shape index (κ1) is 22.8. The highest BCUT2D eigenvalue weighted by atomic mass is 16.2. The Hall–Kier alpha value is -2.83. The van der Waals surface area contributed by atoms with Gasteiger partial charge in [-0.15, -0.1) is 0 Å². The fourth-order valence-corrected chi connectivity index (χ4v) is 4.22. The fourth-order valence-electron chi connectivity index (χ4n) is 4.22. The van der Waals surface area contributed by atoms with Gasteiger partial charge < -0.3 is 15.5 Å². The minimum Gasteiger partial charge on any atom is -0.357 e. The highest BCUT2D eigenvalue weighted by Gasteiger charge is 2.26. The molecule has 1 aliphatic heterocycles. The summed E-state index contributed by atoms with van der Waals surface area (Å²) in [4.78, 5) is 18.9. The first-order chi connectivity index (χ1) is 15.0. The first-order valence-corrected chi connectivity index (χ1v) is 11.5. The second-order valence-electron chi connectivity index (χ2n) is 8.13. The number of carbonyl (C=O) groups excluding carboxylic acids is 1. The summed E-state index contributed by atoms with van der Waals surface area (Å²) >= 11 is 0. The van der Waals surface area contributed by atoms with E-state index >= 15 is 0 Å². The normalized spacial score (nSPS) is 15.4. The number of aryl methyl sites for hydroxylation is 2. The van der Waals surface area contributed by atoms with Crippen LogP contribution in [-0.2, 0) is 11.3 Å². The molecule has 1 amide bonds. The molecule has 1 saturated heterocycles. The van der Waals surface area contributed by atoms with Gasteiger partial charge in [-0.3, -0.25) is 4.79 Å². The van der Waals surface area contributed by atoms with Gasteiger partial charge in [0.25, 0.3) is 0 Å². The van der Waals surface area contributed by atoms with Crippen molar-refractivity contribution in [2.75, 3.05) is 19.6 Å². The number of benzene rings is 1. The largest absolute Gasteiger partial charge is 0.357 e. The Morgan fingerprint density at radius 2 is 2.03 bits per heavy atom. The minimum absolute atomic E-state index is 0.299. The maximum Gasteiger partial charge on any atom is 0.222 e. The van der Waals surface area contributed by atoms with Crippen LogP contribution in [-0.4, -0.2) is 52.2 Å². The Kier molecular flexibility index (Phi) is 8.09. The Labute approximate surface area is 185 Å². The third-order valence-corrected chi connectivity index (χ3v) is 5.77. The Morgan fingerprint density at radius 1 is 1.23 bits per heavy atom. The lowest BCUT2D eigenvalue weighted by Crippen LogP contribution is -2.42. The monoisotopic (exact) mass is 424 g/mol. The van der Waals surface area contributed by atoms with Crippen LogP contribution in [0.2, 0.25) is 0 Å². The molecule has 1 atom stereocenters. The van der Waals surface area contributed by atoms with Gasteiger partial charge in [-0.1, -0.05) is 25.1 Å². The van der Waals surface area contributed by atoms with Crippen molar-refractivity contribution in [1.29, 1.82) is 0 Å². The average molecular weight is 425 g/mol. The Balaban J connectivity index is 1.65. The van der Waals surface area contributed by atoms with Crippen LogP contribution in [0.3, 0.4) is 0 Å². The van der Waals surface area contributed by atoms with E-state index in [1.807, 2.05) is 23.7 Å². The molecule has 1 fully saturated rings. The molecule has 168 valence electrons. The summed E-state index contributed by atoms with van der Waals surface area (Å²) in [6, 6.07) is 10.7. The van der Waals surface area contributed by atoms with Crippen molar-refractivity contribution in [3.05, 3.63) is 47.3 Å². The summed E-state index contributed by atoms with van der Waals surface area (Å²) in [5, 5.41) is 11.4. The number of rotatable bonds is 9. The van der Waals surface area contributed by atoms with Gasteiger partial charge in [0.2, 0.25) is 5.91 Å². The van der Waals surface area contributed by atoms with Gasteiger partial charge in [0.15, 0.2) is 5.96 Å². The van der Waals surface area contributed by atoms with E-state index in [-0.39, 0.29) is 0 Å². The zero-order valence-electron chi connectivity index (χ0n) is 19.3. The second kappa shape index (κ2) is 11.0. The fraction of sp³-hybridized carbons (Fsp3) is 0.542. The van der Waals surface area contributed by atoms with E-state index in [1.165, 1.54) is 0 Å². The maximum absolute atomic E-state index is 12.1. The lowest BCUT2D eigenvalue weighted by molar-refractivity contribution is -0.129. The summed E-state index contributed by atoms with van der Waals surface area (Å²) in [6.45, 7) is 11.3. The summed E-state index contributed by atoms with van der Waals surface area (Å²) in [6.07, 6.45) is 3.59. The topological polar surface area (TPSA) is 74.6 Å². The number of carbonyl (C=O) groups is 1. The molecule has 1 aromatic heterocycles. The molecule has 2 aromatic rings. The average Bonchev–Trinajstić information content (AvgIpc) is 3.33. The van der Waals surface area contributed by atoms with E-state index in [2.05, 4.69) is 59.6 Å². The van der Waals surface area contributed by atoms with E-state index in [1.54, 1.807) is 0 Å². The quantitative estimate of drug-likeness (QED) is 0.478. The minimum atomic E-state index is 0.299. The van der Waals surface area contributed by atoms with E-state index in [0.29, 0.717) is 24.9 Å². The van der Waals surface area contributed by atoms with Crippen LogP contribution < -0.4 is 10.6 Å². The highest BCUT2D eigenvalue weighted by Crippen LogP contribution is 2.19. The van der Waals surface area contributed by atoms with E-state index in [0.717, 1.165) is 67.5 Å². The number of hydrogen-bond donors (Lipinski definition) is 2. The van der Waals surface area contributed by atoms with Gasteiger partial charge in [0.1, 0.15) is 0 Å². The smallest absolute Gasteiger partial charge is 0.222 e. The molecular weight excluding hydrogens is 388 g/mol. The maximum atomic E-state index is 12.1. The van der Waals surface area contributed by atoms with E-state index < -0.39 is 0 Å². The van der Waals surface area contributed by atoms with Crippen LogP contribution in [0.15, 0.2) is 35.3 Å². The van der Waals surface area contributed by atoms with Gasteiger partial charge in [0, 0.05) is 37.8 Å². The van der Waals surface area contributed by atoms with Crippen LogP contribution in [0.5, 0.6) is 0 Å². The molecule has 0 saturated carbocycles. The molecule has 1 aromatic carbocycles. The summed E-state index contributed by atoms with van der Waals surface area (Å²) in [7, 11) is 0. The van der Waals surface area contributed by atoms with Gasteiger partial charge in [-0.05, 0) is 57.7 Å². The molecule has 7 nitrogen and oxygen atoms in total. The number of nitrogens with zero attached hydrogens (tertiary/aromatic N) is 4. The van der Waals surface area contributed by atoms with Gasteiger partial charge in [-0.25, -0.2) is 9.67 Å². The van der Waals surface area contributed by atoms with Crippen molar-refractivity contribution in [1.82, 2.24) is 25.3 Å². The van der Waals surface area contributed by atoms with E-state index in [9.17, 15) is 4.79 Å². The number of aliphatic imine (C=N–C) groups is 1. The first-order valence-electron chi connectivity index (χ1n) is 11.5. The standard InChI is InChI=1S/C24H36N6O/c1-5-21(29-15-9-12-23(29)31)13-14-26-24(25-6-2)27-17-20-10-7-8-11-22(20)30-19(4)16-18(3)28-30/h7-8,10-11,16,21H,5-6,9,12-15,17H2,1-4H3,(H2,25,26,27). The van der Waals surface area contributed by atoms with Crippen molar-refractivity contribution >= 4 is 11.9 Å². The predicted octanol–water partition coefficient (Wildman–Crippen LogP) is 3.34. The summed E-state index contributed by atoms with van der Waals surface area (Å²) < 4.78 is 1.99. The van der Waals surface area contributed by atoms with Crippen molar-refractivity contribution in [3.8, 4) is 5.69 Å². The molecule has 1 aliphatic rings. The lowest BCUT2D eigenvalue weighted by atomic mass is 10.1. The van der Waals surface area contributed by atoms with Crippen LogP contribution in [0, 0.1) is 13.8 Å². The van der Waals surface area contributed by atoms with Crippen LogP contribution >= 0.6 is 0 Å². The zero-order chi connectivity index (χ0) is 22.2.